The number of ether oxygens (including phenoxy) is 1. The number of aliphatic carboxylic acids is 1. The zero-order valence-corrected chi connectivity index (χ0v) is 22.2. The molecule has 1 aliphatic heterocycles. The molecule has 1 fully saturated rings. The number of furan rings is 1. The van der Waals surface area contributed by atoms with Crippen LogP contribution in [0.4, 0.5) is 5.82 Å². The zero-order valence-electron chi connectivity index (χ0n) is 21.3. The Hall–Kier alpha value is -3.88. The highest BCUT2D eigenvalue weighted by Gasteiger charge is 2.45. The van der Waals surface area contributed by atoms with Gasteiger partial charge in [0.15, 0.2) is 23.7 Å². The predicted molar refractivity (Wildman–Crippen MR) is 140 cm³/mol. The van der Waals surface area contributed by atoms with Crippen LogP contribution in [0.2, 0.25) is 0 Å². The fraction of sp³-hybridized carbons (Fsp3) is 0.450. The van der Waals surface area contributed by atoms with Crippen LogP contribution in [0.25, 0.3) is 11.2 Å². The van der Waals surface area contributed by atoms with Crippen LogP contribution in [0.3, 0.4) is 0 Å². The Balaban J connectivity index is 0.000000272. The highest BCUT2D eigenvalue weighted by molar-refractivity contribution is 7.46. The maximum Gasteiger partial charge on any atom is 0.469 e. The Labute approximate surface area is 231 Å². The number of phosphoric acid groups is 1. The average molecular weight is 606 g/mol. The summed E-state index contributed by atoms with van der Waals surface area (Å²) in [5.41, 5.74) is 21.6. The molecule has 20 nitrogen and oxygen atoms in total. The fourth-order valence-corrected chi connectivity index (χ4v) is 3.58. The van der Waals surface area contributed by atoms with Crippen molar-refractivity contribution in [2.45, 2.75) is 43.4 Å². The van der Waals surface area contributed by atoms with E-state index in [1.165, 1.54) is 29.6 Å². The average Bonchev–Trinajstić information content (AvgIpc) is 3.61. The first-order chi connectivity index (χ1) is 19.2. The first-order valence-electron chi connectivity index (χ1n) is 11.6. The highest BCUT2D eigenvalue weighted by atomic mass is 31.2. The van der Waals surface area contributed by atoms with Crippen LogP contribution in [0.5, 0.6) is 5.95 Å². The Kier molecular flexibility index (Phi) is 12.4. The minimum Gasteiger partial charge on any atom is -0.481 e. The second-order valence-corrected chi connectivity index (χ2v) is 9.50. The van der Waals surface area contributed by atoms with Crippen molar-refractivity contribution in [2.75, 3.05) is 18.9 Å². The summed E-state index contributed by atoms with van der Waals surface area (Å²) in [6.07, 6.45) is -0.122. The predicted octanol–water partition coefficient (Wildman–Crippen LogP) is -2.43. The van der Waals surface area contributed by atoms with E-state index in [9.17, 15) is 19.6 Å². The molecule has 1 unspecified atom stereocenters. The van der Waals surface area contributed by atoms with Crippen LogP contribution in [0.1, 0.15) is 19.1 Å². The fourth-order valence-electron chi connectivity index (χ4n) is 3.24. The van der Waals surface area contributed by atoms with Crippen LogP contribution < -0.4 is 22.9 Å². The quantitative estimate of drug-likeness (QED) is 0.0524. The van der Waals surface area contributed by atoms with Crippen LogP contribution >= 0.6 is 7.82 Å². The van der Waals surface area contributed by atoms with Gasteiger partial charge in [0.2, 0.25) is 0 Å². The molecule has 0 amide bonds. The number of aliphatic hydroxyl groups excluding tert-OH is 2. The molecule has 0 radical (unpaired) electrons. The van der Waals surface area contributed by atoms with Gasteiger partial charge < -0.3 is 62.3 Å². The van der Waals surface area contributed by atoms with Gasteiger partial charge in [-0.25, -0.2) is 19.5 Å². The molecule has 0 saturated carbocycles. The van der Waals surface area contributed by atoms with Gasteiger partial charge in [0, 0.05) is 12.6 Å². The Morgan fingerprint density at radius 3 is 2.46 bits per heavy atom. The van der Waals surface area contributed by atoms with Gasteiger partial charge in [-0.3, -0.25) is 18.9 Å². The molecule has 4 rings (SSSR count). The lowest BCUT2D eigenvalue weighted by atomic mass is 10.1. The van der Waals surface area contributed by atoms with Gasteiger partial charge in [-0.15, -0.1) is 0 Å². The van der Waals surface area contributed by atoms with Crippen molar-refractivity contribution in [1.82, 2.24) is 19.5 Å². The standard InChI is InChI=1S/C10H14N5O7P.C6H14N4O2.C4H4O2/c11-8-5-9(13-2-12-8)15(3-14-5)10-7(17)6(16)4(22-10)1-21-23(18,19)20;7-4(5(11)12)2-1-3-10-6(8)9;5-4-2-1-3-6-4/h2-4,6-7,10,16-17H,1H2,(H2,11,12,13)(H2,18,19,20);4H,1-3,7H2,(H,11,12)(H4,8,9,10);1-3,5H/t4-,6-,7-,10-;;/m1../s1. The lowest BCUT2D eigenvalue weighted by Gasteiger charge is -2.16. The van der Waals surface area contributed by atoms with E-state index in [4.69, 9.17) is 47.7 Å². The van der Waals surface area contributed by atoms with E-state index in [2.05, 4.69) is 28.9 Å². The highest BCUT2D eigenvalue weighted by Crippen LogP contribution is 2.38. The number of aromatic nitrogens is 4. The van der Waals surface area contributed by atoms with Gasteiger partial charge in [0.25, 0.3) is 5.95 Å². The van der Waals surface area contributed by atoms with Gasteiger partial charge in [0.1, 0.15) is 36.2 Å². The Bertz CT molecular complexity index is 1310. The third-order valence-electron chi connectivity index (χ3n) is 5.20. The summed E-state index contributed by atoms with van der Waals surface area (Å²) < 4.78 is 26.2. The van der Waals surface area contributed by atoms with Crippen molar-refractivity contribution in [1.29, 1.82) is 0 Å². The molecule has 41 heavy (non-hydrogen) atoms. The second-order valence-electron chi connectivity index (χ2n) is 8.26. The van der Waals surface area contributed by atoms with E-state index in [0.29, 0.717) is 24.9 Å². The number of rotatable bonds is 9. The number of guanidine groups is 1. The number of carboxylic acid groups (broad SMARTS) is 1. The first-order valence-corrected chi connectivity index (χ1v) is 13.1. The molecule has 14 N–H and O–H groups in total. The molecule has 21 heteroatoms. The molecular formula is C20H32N9O11P. The number of imidazole rings is 1. The number of hydrogen-bond donors (Lipinski definition) is 10. The van der Waals surface area contributed by atoms with Gasteiger partial charge in [-0.1, -0.05) is 0 Å². The molecule has 0 bridgehead atoms. The zero-order chi connectivity index (χ0) is 30.7. The number of nitrogens with two attached hydrogens (primary N) is 4. The third-order valence-corrected chi connectivity index (χ3v) is 5.68. The summed E-state index contributed by atoms with van der Waals surface area (Å²) in [4.78, 5) is 43.1. The number of aliphatic hydroxyl groups is 2. The minimum absolute atomic E-state index is 0.0129. The monoisotopic (exact) mass is 605 g/mol. The summed E-state index contributed by atoms with van der Waals surface area (Å²) in [7, 11) is -4.72. The topological polar surface area (TPSA) is 347 Å². The Morgan fingerprint density at radius 1 is 1.22 bits per heavy atom. The molecule has 1 aliphatic rings. The third kappa shape index (κ3) is 10.6. The number of carboxylic acids is 1. The number of nitrogens with zero attached hydrogens (tertiary/aromatic N) is 5. The van der Waals surface area contributed by atoms with Crippen molar-refractivity contribution in [3.63, 3.8) is 0 Å². The number of aromatic hydroxyl groups is 1. The molecule has 4 heterocycles. The number of aliphatic imine (C=N–C) groups is 1. The van der Waals surface area contributed by atoms with E-state index in [0.717, 1.165) is 0 Å². The van der Waals surface area contributed by atoms with Crippen LogP contribution in [-0.4, -0.2) is 99.2 Å². The van der Waals surface area contributed by atoms with Gasteiger partial charge >= 0.3 is 13.8 Å². The number of phosphoric ester groups is 1. The minimum atomic E-state index is -4.72. The lowest BCUT2D eigenvalue weighted by Crippen LogP contribution is -2.33. The molecular weight excluding hydrogens is 573 g/mol. The number of nitrogen functional groups attached to an aromatic ring is 1. The van der Waals surface area contributed by atoms with E-state index < -0.39 is 51.0 Å². The Morgan fingerprint density at radius 2 is 1.93 bits per heavy atom. The van der Waals surface area contributed by atoms with E-state index in [1.807, 2.05) is 0 Å². The van der Waals surface area contributed by atoms with E-state index in [-0.39, 0.29) is 23.4 Å². The SMILES string of the molecule is NC(N)=NCCCC(N)C(=O)O.Nc1ncnc2c1ncn2[C@@H]1O[C@H](COP(=O)(O)O)[C@@H](O)[C@H]1O.Oc1ccco1. The van der Waals surface area contributed by atoms with Crippen molar-refractivity contribution < 1.29 is 53.3 Å². The maximum absolute atomic E-state index is 10.7. The molecule has 0 aromatic carbocycles. The number of anilines is 1. The maximum atomic E-state index is 10.7. The lowest BCUT2D eigenvalue weighted by molar-refractivity contribution is -0.138. The second kappa shape index (κ2) is 15.2. The van der Waals surface area contributed by atoms with E-state index >= 15 is 0 Å². The summed E-state index contributed by atoms with van der Waals surface area (Å²) in [5.74, 6) is -0.878. The smallest absolute Gasteiger partial charge is 0.469 e. The van der Waals surface area contributed by atoms with Gasteiger partial charge in [0.05, 0.1) is 19.2 Å². The normalized spacial score (nSPS) is 20.8. The molecule has 0 aliphatic carbocycles. The van der Waals surface area contributed by atoms with Crippen molar-refractivity contribution in [3.05, 3.63) is 31.1 Å². The molecule has 3 aromatic heterocycles. The summed E-state index contributed by atoms with van der Waals surface area (Å²) in [6, 6.07) is 2.27. The van der Waals surface area contributed by atoms with Crippen molar-refractivity contribution >= 4 is 36.7 Å². The van der Waals surface area contributed by atoms with Crippen LogP contribution in [0, 0.1) is 0 Å². The summed E-state index contributed by atoms with van der Waals surface area (Å²) in [5, 5.41) is 36.7. The summed E-state index contributed by atoms with van der Waals surface area (Å²) >= 11 is 0. The van der Waals surface area contributed by atoms with Crippen LogP contribution in [0.15, 0.2) is 40.5 Å². The van der Waals surface area contributed by atoms with Crippen molar-refractivity contribution in [3.8, 4) is 5.95 Å². The molecule has 5 atom stereocenters. The summed E-state index contributed by atoms with van der Waals surface area (Å²) in [6.45, 7) is -0.175. The number of carbonyl (C=O) groups is 1. The molecule has 1 saturated heterocycles. The van der Waals surface area contributed by atoms with Gasteiger partial charge in [-0.2, -0.15) is 0 Å². The molecule has 0 spiro atoms. The first kappa shape index (κ1) is 33.3. The largest absolute Gasteiger partial charge is 0.481 e. The van der Waals surface area contributed by atoms with E-state index in [1.54, 1.807) is 6.07 Å². The number of hydrogen-bond acceptors (Lipinski definition) is 14. The van der Waals surface area contributed by atoms with Gasteiger partial charge in [-0.05, 0) is 18.9 Å². The number of fused-ring (bicyclic) bond motifs is 1. The van der Waals surface area contributed by atoms with Crippen molar-refractivity contribution in [2.24, 2.45) is 22.2 Å². The van der Waals surface area contributed by atoms with Crippen LogP contribution in [-0.2, 0) is 18.6 Å². The molecule has 3 aromatic rings. The molecule has 228 valence electrons.